The first-order chi connectivity index (χ1) is 6.01. The van der Waals surface area contributed by atoms with Crippen LogP contribution in [0.15, 0.2) is 0 Å². The Labute approximate surface area is 86.5 Å². The second kappa shape index (κ2) is 6.15. The van der Waals surface area contributed by atoms with E-state index in [4.69, 9.17) is 6.64 Å². The van der Waals surface area contributed by atoms with Crippen molar-refractivity contribution < 1.29 is 24.0 Å². The van der Waals surface area contributed by atoms with Gasteiger partial charge < -0.3 is 0 Å². The molecule has 0 aliphatic heterocycles. The van der Waals surface area contributed by atoms with Crippen LogP contribution in [-0.4, -0.2) is 25.1 Å². The molecule has 3 nitrogen and oxygen atoms in total. The molecule has 0 aromatic carbocycles. The van der Waals surface area contributed by atoms with E-state index in [1.165, 1.54) is 0 Å². The monoisotopic (exact) mass is 225 g/mol. The molecular formula is C9H23NO2Ti. The molecule has 0 aliphatic carbocycles. The van der Waals surface area contributed by atoms with Crippen LogP contribution < -0.4 is 5.32 Å². The van der Waals surface area contributed by atoms with Gasteiger partial charge in [0.2, 0.25) is 0 Å². The second-order valence-electron chi connectivity index (χ2n) is 3.70. The third-order valence-electron chi connectivity index (χ3n) is 2.47. The molecule has 0 amide bonds. The zero-order valence-electron chi connectivity index (χ0n) is 9.68. The van der Waals surface area contributed by atoms with Crippen molar-refractivity contribution in [1.29, 1.82) is 0 Å². The Balaban J connectivity index is 4.48. The van der Waals surface area contributed by atoms with Crippen molar-refractivity contribution in [2.75, 3.05) is 20.8 Å². The Hall–Kier alpha value is 0.594. The molecule has 0 bridgehead atoms. The number of rotatable bonds is 6. The van der Waals surface area contributed by atoms with Gasteiger partial charge in [-0.1, -0.05) is 0 Å². The summed E-state index contributed by atoms with van der Waals surface area (Å²) in [7, 11) is 3.52. The standard InChI is InChI=1S/C6H14N.2CH3O.CH3.Ti/c1-4-7-5-6(2)3;2*1-2;;/h5-7H,4H2,1-3H3;2*1H3;1H3;/q;2*-1;;+2. The molecule has 13 heavy (non-hydrogen) atoms. The van der Waals surface area contributed by atoms with Gasteiger partial charge in [0.15, 0.2) is 0 Å². The molecule has 1 atom stereocenters. The molecule has 1 N–H and O–H groups in total. The summed E-state index contributed by atoms with van der Waals surface area (Å²) in [5.74, 6) is 0.560. The maximum absolute atomic E-state index is 5.57. The summed E-state index contributed by atoms with van der Waals surface area (Å²) in [5.41, 5.74) is 0. The van der Waals surface area contributed by atoms with Crippen LogP contribution in [0.2, 0.25) is 5.23 Å². The third-order valence-corrected chi connectivity index (χ3v) is 8.12. The van der Waals surface area contributed by atoms with E-state index in [1.54, 1.807) is 14.2 Å². The molecule has 0 aromatic heterocycles. The van der Waals surface area contributed by atoms with Crippen LogP contribution in [0.3, 0.4) is 0 Å². The van der Waals surface area contributed by atoms with Crippen LogP contribution in [0.1, 0.15) is 20.8 Å². The number of hydrogen-bond acceptors (Lipinski definition) is 3. The van der Waals surface area contributed by atoms with Crippen molar-refractivity contribution in [2.24, 2.45) is 5.92 Å². The first-order valence-corrected chi connectivity index (χ1v) is 8.59. The van der Waals surface area contributed by atoms with Gasteiger partial charge >= 0.3 is 86.3 Å². The van der Waals surface area contributed by atoms with E-state index >= 15 is 0 Å². The van der Waals surface area contributed by atoms with Gasteiger partial charge in [0.25, 0.3) is 0 Å². The van der Waals surface area contributed by atoms with Gasteiger partial charge in [0, 0.05) is 0 Å². The van der Waals surface area contributed by atoms with E-state index in [9.17, 15) is 0 Å². The molecule has 0 saturated heterocycles. The average molecular weight is 225 g/mol. The summed E-state index contributed by atoms with van der Waals surface area (Å²) in [4.78, 5) is 0. The second-order valence-corrected chi connectivity index (χ2v) is 9.12. The fourth-order valence-corrected chi connectivity index (χ4v) is 5.43. The van der Waals surface area contributed by atoms with Gasteiger partial charge in [-0.05, 0) is 0 Å². The van der Waals surface area contributed by atoms with Crippen LogP contribution in [0.4, 0.5) is 0 Å². The average Bonchev–Trinajstić information content (AvgIpc) is 2.12. The van der Waals surface area contributed by atoms with Crippen molar-refractivity contribution >= 4 is 0 Å². The van der Waals surface area contributed by atoms with E-state index < -0.39 is 17.4 Å². The zero-order valence-corrected chi connectivity index (χ0v) is 11.2. The van der Waals surface area contributed by atoms with Gasteiger partial charge in [0.1, 0.15) is 0 Å². The van der Waals surface area contributed by atoms with Crippen LogP contribution >= 0.6 is 0 Å². The SMILES string of the molecule is CCN[CH](C(C)C)[Ti]([CH3])([O]C)[O]C. The van der Waals surface area contributed by atoms with Crippen molar-refractivity contribution in [3.8, 4) is 0 Å². The molecule has 0 rings (SSSR count). The zero-order chi connectivity index (χ0) is 10.5. The molecule has 0 aliphatic rings. The molecule has 80 valence electrons. The molecule has 0 aromatic rings. The van der Waals surface area contributed by atoms with Crippen LogP contribution in [-0.2, 0) is 24.0 Å². The van der Waals surface area contributed by atoms with Gasteiger partial charge in [-0.25, -0.2) is 0 Å². The van der Waals surface area contributed by atoms with E-state index in [2.05, 4.69) is 31.3 Å². The molecule has 0 heterocycles. The molecule has 0 radical (unpaired) electrons. The predicted octanol–water partition coefficient (Wildman–Crippen LogP) is 1.90. The molecule has 0 spiro atoms. The van der Waals surface area contributed by atoms with Crippen molar-refractivity contribution in [3.05, 3.63) is 0 Å². The minimum atomic E-state index is -2.54. The van der Waals surface area contributed by atoms with Crippen LogP contribution in [0, 0.1) is 5.92 Å². The Kier molecular flexibility index (Phi) is 6.43. The van der Waals surface area contributed by atoms with Gasteiger partial charge in [0.05, 0.1) is 0 Å². The molecule has 0 saturated carbocycles. The van der Waals surface area contributed by atoms with Gasteiger partial charge in [-0.3, -0.25) is 0 Å². The molecule has 0 fully saturated rings. The molecule has 1 unspecified atom stereocenters. The summed E-state index contributed by atoms with van der Waals surface area (Å²) in [6.07, 6.45) is 0. The van der Waals surface area contributed by atoms with E-state index in [0.717, 1.165) is 6.54 Å². The predicted molar refractivity (Wildman–Crippen MR) is 52.2 cm³/mol. The Bertz CT molecular complexity index is 138. The van der Waals surface area contributed by atoms with Crippen molar-refractivity contribution in [3.63, 3.8) is 0 Å². The Morgan fingerprint density at radius 3 is 1.92 bits per heavy atom. The quantitative estimate of drug-likeness (QED) is 0.700. The fourth-order valence-electron chi connectivity index (χ4n) is 1.58. The first-order valence-electron chi connectivity index (χ1n) is 4.85. The minimum absolute atomic E-state index is 0.403. The summed E-state index contributed by atoms with van der Waals surface area (Å²) >= 11 is -2.54. The summed E-state index contributed by atoms with van der Waals surface area (Å²) in [5, 5.41) is 5.60. The van der Waals surface area contributed by atoms with Crippen molar-refractivity contribution in [2.45, 2.75) is 30.3 Å². The van der Waals surface area contributed by atoms with Gasteiger partial charge in [-0.15, -0.1) is 0 Å². The summed E-state index contributed by atoms with van der Waals surface area (Å²) in [6.45, 7) is 7.49. The first kappa shape index (κ1) is 13.6. The summed E-state index contributed by atoms with van der Waals surface area (Å²) in [6, 6.07) is 0. The third kappa shape index (κ3) is 3.68. The molecule has 4 heteroatoms. The van der Waals surface area contributed by atoms with Gasteiger partial charge in [-0.2, -0.15) is 0 Å². The van der Waals surface area contributed by atoms with E-state index in [-0.39, 0.29) is 0 Å². The van der Waals surface area contributed by atoms with E-state index in [1.807, 2.05) is 0 Å². The summed E-state index contributed by atoms with van der Waals surface area (Å²) < 4.78 is 11.5. The van der Waals surface area contributed by atoms with Crippen LogP contribution in [0.25, 0.3) is 0 Å². The van der Waals surface area contributed by atoms with Crippen LogP contribution in [0.5, 0.6) is 0 Å². The fraction of sp³-hybridized carbons (Fsp3) is 1.00. The number of nitrogens with one attached hydrogen (secondary N) is 1. The maximum atomic E-state index is 5.57. The normalized spacial score (nSPS) is 15.0. The Morgan fingerprint density at radius 2 is 1.69 bits per heavy atom. The van der Waals surface area contributed by atoms with Crippen molar-refractivity contribution in [1.82, 2.24) is 5.32 Å². The topological polar surface area (TPSA) is 30.5 Å². The molecular weight excluding hydrogens is 202 g/mol. The number of hydrogen-bond donors (Lipinski definition) is 1. The van der Waals surface area contributed by atoms with E-state index in [0.29, 0.717) is 10.3 Å². The Morgan fingerprint density at radius 1 is 1.23 bits per heavy atom.